The molecule has 1 amide bonds. The van der Waals surface area contributed by atoms with Crippen molar-refractivity contribution >= 4 is 5.91 Å². The Morgan fingerprint density at radius 3 is 2.86 bits per heavy atom. The second kappa shape index (κ2) is 7.08. The van der Waals surface area contributed by atoms with Crippen molar-refractivity contribution in [2.45, 2.75) is 65.0 Å². The number of benzene rings is 1. The molecule has 21 heavy (non-hydrogen) atoms. The number of rotatable bonds is 4. The molecule has 116 valence electrons. The molecule has 0 spiro atoms. The Balaban J connectivity index is 2.19. The van der Waals surface area contributed by atoms with Crippen LogP contribution < -0.4 is 5.73 Å². The van der Waals surface area contributed by atoms with E-state index >= 15 is 0 Å². The van der Waals surface area contributed by atoms with E-state index in [1.807, 2.05) is 6.92 Å². The first-order valence-corrected chi connectivity index (χ1v) is 8.12. The number of nitrogens with zero attached hydrogens (tertiary/aromatic N) is 1. The zero-order valence-electron chi connectivity index (χ0n) is 13.6. The van der Waals surface area contributed by atoms with Crippen LogP contribution in [0.5, 0.6) is 0 Å². The van der Waals surface area contributed by atoms with Crippen molar-refractivity contribution < 1.29 is 4.79 Å². The Labute approximate surface area is 128 Å². The van der Waals surface area contributed by atoms with E-state index in [0.717, 1.165) is 25.8 Å². The third-order valence-electron chi connectivity index (χ3n) is 4.64. The molecule has 1 heterocycles. The molecule has 1 fully saturated rings. The number of carbonyl (C=O) groups excluding carboxylic acids is 1. The quantitative estimate of drug-likeness (QED) is 0.922. The molecule has 1 aromatic rings. The minimum Gasteiger partial charge on any atom is -0.336 e. The van der Waals surface area contributed by atoms with Gasteiger partial charge in [-0.25, -0.2) is 0 Å². The van der Waals surface area contributed by atoms with Gasteiger partial charge in [0.1, 0.15) is 0 Å². The van der Waals surface area contributed by atoms with Crippen LogP contribution in [0.15, 0.2) is 18.2 Å². The molecular weight excluding hydrogens is 260 g/mol. The molecule has 2 atom stereocenters. The average Bonchev–Trinajstić information content (AvgIpc) is 2.47. The highest BCUT2D eigenvalue weighted by Gasteiger charge is 2.28. The molecule has 3 heteroatoms. The monoisotopic (exact) mass is 288 g/mol. The number of amides is 1. The van der Waals surface area contributed by atoms with Crippen LogP contribution in [-0.4, -0.2) is 23.4 Å². The average molecular weight is 288 g/mol. The van der Waals surface area contributed by atoms with E-state index in [0.29, 0.717) is 6.42 Å². The highest BCUT2D eigenvalue weighted by molar-refractivity contribution is 5.77. The van der Waals surface area contributed by atoms with Crippen LogP contribution in [0.2, 0.25) is 0 Å². The number of likely N-dealkylation sites (tertiary alicyclic amines) is 1. The van der Waals surface area contributed by atoms with E-state index in [9.17, 15) is 4.79 Å². The zero-order valence-corrected chi connectivity index (χ0v) is 13.6. The highest BCUT2D eigenvalue weighted by atomic mass is 16.2. The largest absolute Gasteiger partial charge is 0.336 e. The van der Waals surface area contributed by atoms with Crippen molar-refractivity contribution in [1.82, 2.24) is 4.90 Å². The molecule has 0 aliphatic carbocycles. The number of carbonyl (C=O) groups is 1. The molecule has 0 saturated carbocycles. The molecule has 1 aromatic carbocycles. The van der Waals surface area contributed by atoms with Crippen molar-refractivity contribution in [2.75, 3.05) is 6.54 Å². The maximum atomic E-state index is 12.6. The Morgan fingerprint density at radius 2 is 2.14 bits per heavy atom. The molecule has 0 bridgehead atoms. The first-order valence-electron chi connectivity index (χ1n) is 8.12. The van der Waals surface area contributed by atoms with E-state index in [-0.39, 0.29) is 18.0 Å². The summed E-state index contributed by atoms with van der Waals surface area (Å²) < 4.78 is 0. The van der Waals surface area contributed by atoms with Gasteiger partial charge in [-0.05, 0) is 63.1 Å². The molecule has 2 unspecified atom stereocenters. The van der Waals surface area contributed by atoms with Crippen molar-refractivity contribution in [3.05, 3.63) is 34.9 Å². The number of hydrogen-bond acceptors (Lipinski definition) is 2. The van der Waals surface area contributed by atoms with E-state index in [1.165, 1.54) is 23.1 Å². The van der Waals surface area contributed by atoms with Crippen LogP contribution in [0.4, 0.5) is 0 Å². The lowest BCUT2D eigenvalue weighted by atomic mass is 9.90. The number of aryl methyl sites for hydroxylation is 1. The summed E-state index contributed by atoms with van der Waals surface area (Å²) in [4.78, 5) is 14.6. The molecule has 0 radical (unpaired) electrons. The smallest absolute Gasteiger partial charge is 0.223 e. The first kappa shape index (κ1) is 16.0. The topological polar surface area (TPSA) is 46.3 Å². The van der Waals surface area contributed by atoms with E-state index < -0.39 is 0 Å². The SMILES string of the molecule is Cc1cccc(C2CCCCN2C(=O)CCC(C)N)c1C. The summed E-state index contributed by atoms with van der Waals surface area (Å²) in [5.41, 5.74) is 9.75. The predicted octanol–water partition coefficient (Wildman–Crippen LogP) is 3.48. The van der Waals surface area contributed by atoms with Crippen molar-refractivity contribution in [3.63, 3.8) is 0 Å². The van der Waals surface area contributed by atoms with Gasteiger partial charge in [0.15, 0.2) is 0 Å². The summed E-state index contributed by atoms with van der Waals surface area (Å²) in [6.45, 7) is 7.16. The van der Waals surface area contributed by atoms with Gasteiger partial charge in [-0.2, -0.15) is 0 Å². The van der Waals surface area contributed by atoms with Gasteiger partial charge in [-0.1, -0.05) is 18.2 Å². The van der Waals surface area contributed by atoms with Gasteiger partial charge in [0.05, 0.1) is 6.04 Å². The number of hydrogen-bond donors (Lipinski definition) is 1. The fourth-order valence-corrected chi connectivity index (χ4v) is 3.18. The summed E-state index contributed by atoms with van der Waals surface area (Å²) in [6.07, 6.45) is 4.74. The second-order valence-electron chi connectivity index (χ2n) is 6.40. The minimum absolute atomic E-state index is 0.0953. The van der Waals surface area contributed by atoms with Gasteiger partial charge in [-0.3, -0.25) is 4.79 Å². The summed E-state index contributed by atoms with van der Waals surface area (Å²) in [5, 5.41) is 0. The van der Waals surface area contributed by atoms with Crippen LogP contribution in [0.1, 0.15) is 61.8 Å². The molecule has 2 N–H and O–H groups in total. The van der Waals surface area contributed by atoms with Gasteiger partial charge >= 0.3 is 0 Å². The molecule has 1 aliphatic rings. The maximum Gasteiger partial charge on any atom is 0.223 e. The van der Waals surface area contributed by atoms with Crippen LogP contribution in [0.3, 0.4) is 0 Å². The third-order valence-corrected chi connectivity index (χ3v) is 4.64. The normalized spacial score (nSPS) is 20.4. The second-order valence-corrected chi connectivity index (χ2v) is 6.40. The van der Waals surface area contributed by atoms with Crippen LogP contribution in [-0.2, 0) is 4.79 Å². The van der Waals surface area contributed by atoms with Crippen molar-refractivity contribution in [3.8, 4) is 0 Å². The Morgan fingerprint density at radius 1 is 1.38 bits per heavy atom. The lowest BCUT2D eigenvalue weighted by molar-refractivity contribution is -0.135. The van der Waals surface area contributed by atoms with Gasteiger partial charge < -0.3 is 10.6 Å². The van der Waals surface area contributed by atoms with Crippen molar-refractivity contribution in [2.24, 2.45) is 5.73 Å². The van der Waals surface area contributed by atoms with Gasteiger partial charge in [0, 0.05) is 19.0 Å². The lowest BCUT2D eigenvalue weighted by Crippen LogP contribution is -2.39. The van der Waals surface area contributed by atoms with Gasteiger partial charge in [0.25, 0.3) is 0 Å². The molecule has 2 rings (SSSR count). The van der Waals surface area contributed by atoms with Crippen LogP contribution in [0, 0.1) is 13.8 Å². The molecule has 3 nitrogen and oxygen atoms in total. The summed E-state index contributed by atoms with van der Waals surface area (Å²) in [5.74, 6) is 0.262. The van der Waals surface area contributed by atoms with E-state index in [2.05, 4.69) is 36.9 Å². The Bertz CT molecular complexity index is 496. The highest BCUT2D eigenvalue weighted by Crippen LogP contribution is 2.34. The van der Waals surface area contributed by atoms with Crippen molar-refractivity contribution in [1.29, 1.82) is 0 Å². The van der Waals surface area contributed by atoms with E-state index in [4.69, 9.17) is 5.73 Å². The zero-order chi connectivity index (χ0) is 15.4. The van der Waals surface area contributed by atoms with E-state index in [1.54, 1.807) is 0 Å². The fourth-order valence-electron chi connectivity index (χ4n) is 3.18. The first-order chi connectivity index (χ1) is 10.0. The predicted molar refractivity (Wildman–Crippen MR) is 87.1 cm³/mol. The fraction of sp³-hybridized carbons (Fsp3) is 0.611. The van der Waals surface area contributed by atoms with Gasteiger partial charge in [-0.15, -0.1) is 0 Å². The standard InChI is InChI=1S/C18H28N2O/c1-13-7-6-8-16(15(13)3)17-9-4-5-12-20(17)18(21)11-10-14(2)19/h6-8,14,17H,4-5,9-12,19H2,1-3H3. The molecule has 0 aromatic heterocycles. The summed E-state index contributed by atoms with van der Waals surface area (Å²) >= 11 is 0. The molecular formula is C18H28N2O. The lowest BCUT2D eigenvalue weighted by Gasteiger charge is -2.37. The maximum absolute atomic E-state index is 12.6. The number of nitrogens with two attached hydrogens (primary N) is 1. The summed E-state index contributed by atoms with van der Waals surface area (Å²) in [6, 6.07) is 6.78. The molecule has 1 saturated heterocycles. The Hall–Kier alpha value is -1.35. The number of piperidine rings is 1. The third kappa shape index (κ3) is 3.85. The van der Waals surface area contributed by atoms with Gasteiger partial charge in [0.2, 0.25) is 5.91 Å². The minimum atomic E-state index is 0.0953. The van der Waals surface area contributed by atoms with Crippen LogP contribution >= 0.6 is 0 Å². The summed E-state index contributed by atoms with van der Waals surface area (Å²) in [7, 11) is 0. The van der Waals surface area contributed by atoms with Crippen LogP contribution in [0.25, 0.3) is 0 Å². The molecule has 1 aliphatic heterocycles. The Kier molecular flexibility index (Phi) is 5.40.